The standard InChI is InChI=1S/C19H17N3O3/c1-24-17-9-8-13(12-15(17)18(23)25-2)16-10-11-20-19(22-16)21-14-6-4-3-5-7-14/h3-12H,1-2H3,(H,20,21,22). The van der Waals surface area contributed by atoms with Crippen LogP contribution in [0, 0.1) is 0 Å². The zero-order chi connectivity index (χ0) is 17.6. The van der Waals surface area contributed by atoms with Gasteiger partial charge in [0, 0.05) is 17.4 Å². The highest BCUT2D eigenvalue weighted by Gasteiger charge is 2.14. The first-order valence-electron chi connectivity index (χ1n) is 7.63. The van der Waals surface area contributed by atoms with Gasteiger partial charge in [0.15, 0.2) is 0 Å². The molecule has 0 bridgehead atoms. The molecule has 0 fully saturated rings. The van der Waals surface area contributed by atoms with E-state index >= 15 is 0 Å². The third-order valence-corrected chi connectivity index (χ3v) is 3.59. The van der Waals surface area contributed by atoms with Crippen molar-refractivity contribution in [1.82, 2.24) is 9.97 Å². The van der Waals surface area contributed by atoms with Gasteiger partial charge in [-0.25, -0.2) is 14.8 Å². The Bertz CT molecular complexity index is 882. The van der Waals surface area contributed by atoms with E-state index in [1.807, 2.05) is 36.4 Å². The molecule has 6 heteroatoms. The number of hydrogen-bond acceptors (Lipinski definition) is 6. The number of ether oxygens (including phenoxy) is 2. The van der Waals surface area contributed by atoms with Crippen molar-refractivity contribution < 1.29 is 14.3 Å². The van der Waals surface area contributed by atoms with Crippen LogP contribution in [0.3, 0.4) is 0 Å². The molecule has 0 radical (unpaired) electrons. The summed E-state index contributed by atoms with van der Waals surface area (Å²) in [5.74, 6) is 0.460. The number of para-hydroxylation sites is 1. The second-order valence-corrected chi connectivity index (χ2v) is 5.16. The fourth-order valence-corrected chi connectivity index (χ4v) is 2.37. The largest absolute Gasteiger partial charge is 0.496 e. The lowest BCUT2D eigenvalue weighted by atomic mass is 10.1. The molecular formula is C19H17N3O3. The Morgan fingerprint density at radius 2 is 1.84 bits per heavy atom. The fourth-order valence-electron chi connectivity index (χ4n) is 2.37. The third kappa shape index (κ3) is 3.74. The number of methoxy groups -OCH3 is 2. The van der Waals surface area contributed by atoms with Crippen molar-refractivity contribution in [2.45, 2.75) is 0 Å². The van der Waals surface area contributed by atoms with Crippen LogP contribution in [0.4, 0.5) is 11.6 Å². The lowest BCUT2D eigenvalue weighted by Gasteiger charge is -2.10. The topological polar surface area (TPSA) is 73.3 Å². The number of carbonyl (C=O) groups excluding carboxylic acids is 1. The molecule has 0 aliphatic rings. The predicted octanol–water partition coefficient (Wildman–Crippen LogP) is 3.68. The molecule has 0 atom stereocenters. The van der Waals surface area contributed by atoms with Gasteiger partial charge in [-0.1, -0.05) is 18.2 Å². The molecule has 2 aromatic carbocycles. The summed E-state index contributed by atoms with van der Waals surface area (Å²) in [4.78, 5) is 20.7. The highest BCUT2D eigenvalue weighted by Crippen LogP contribution is 2.27. The molecule has 25 heavy (non-hydrogen) atoms. The van der Waals surface area contributed by atoms with Crippen LogP contribution in [0.2, 0.25) is 0 Å². The molecule has 0 spiro atoms. The van der Waals surface area contributed by atoms with Crippen LogP contribution in [0.15, 0.2) is 60.8 Å². The molecule has 0 unspecified atom stereocenters. The zero-order valence-corrected chi connectivity index (χ0v) is 13.9. The van der Waals surface area contributed by atoms with Gasteiger partial charge in [0.2, 0.25) is 5.95 Å². The van der Waals surface area contributed by atoms with E-state index in [1.54, 1.807) is 24.4 Å². The predicted molar refractivity (Wildman–Crippen MR) is 95.1 cm³/mol. The molecule has 3 aromatic rings. The first kappa shape index (κ1) is 16.4. The van der Waals surface area contributed by atoms with E-state index in [0.29, 0.717) is 23.0 Å². The van der Waals surface area contributed by atoms with Gasteiger partial charge in [-0.05, 0) is 36.4 Å². The number of aromatic nitrogens is 2. The highest BCUT2D eigenvalue weighted by atomic mass is 16.5. The summed E-state index contributed by atoms with van der Waals surface area (Å²) >= 11 is 0. The summed E-state index contributed by atoms with van der Waals surface area (Å²) in [5.41, 5.74) is 2.68. The maximum Gasteiger partial charge on any atom is 0.341 e. The number of carbonyl (C=O) groups is 1. The van der Waals surface area contributed by atoms with E-state index in [9.17, 15) is 4.79 Å². The van der Waals surface area contributed by atoms with Crippen molar-refractivity contribution in [2.24, 2.45) is 0 Å². The molecule has 1 aromatic heterocycles. The average molecular weight is 335 g/mol. The van der Waals surface area contributed by atoms with E-state index in [0.717, 1.165) is 11.3 Å². The van der Waals surface area contributed by atoms with E-state index < -0.39 is 5.97 Å². The van der Waals surface area contributed by atoms with Gasteiger partial charge in [-0.2, -0.15) is 0 Å². The van der Waals surface area contributed by atoms with E-state index in [-0.39, 0.29) is 0 Å². The number of rotatable bonds is 5. The number of nitrogens with one attached hydrogen (secondary N) is 1. The van der Waals surface area contributed by atoms with Crippen LogP contribution in [-0.4, -0.2) is 30.2 Å². The van der Waals surface area contributed by atoms with Gasteiger partial charge in [-0.15, -0.1) is 0 Å². The van der Waals surface area contributed by atoms with Gasteiger partial charge in [0.25, 0.3) is 0 Å². The first-order valence-corrected chi connectivity index (χ1v) is 7.63. The van der Waals surface area contributed by atoms with Crippen molar-refractivity contribution in [1.29, 1.82) is 0 Å². The van der Waals surface area contributed by atoms with Gasteiger partial charge in [0.1, 0.15) is 11.3 Å². The van der Waals surface area contributed by atoms with E-state index in [2.05, 4.69) is 15.3 Å². The van der Waals surface area contributed by atoms with Crippen LogP contribution >= 0.6 is 0 Å². The molecule has 126 valence electrons. The second kappa shape index (κ2) is 7.44. The van der Waals surface area contributed by atoms with Crippen LogP contribution in [0.25, 0.3) is 11.3 Å². The van der Waals surface area contributed by atoms with Crippen molar-refractivity contribution in [2.75, 3.05) is 19.5 Å². The van der Waals surface area contributed by atoms with Crippen LogP contribution in [0.1, 0.15) is 10.4 Å². The van der Waals surface area contributed by atoms with E-state index in [4.69, 9.17) is 9.47 Å². The molecular weight excluding hydrogens is 318 g/mol. The zero-order valence-electron chi connectivity index (χ0n) is 13.9. The normalized spacial score (nSPS) is 10.2. The van der Waals surface area contributed by atoms with E-state index in [1.165, 1.54) is 14.2 Å². The molecule has 0 saturated heterocycles. The lowest BCUT2D eigenvalue weighted by molar-refractivity contribution is 0.0597. The number of benzene rings is 2. The monoisotopic (exact) mass is 335 g/mol. The second-order valence-electron chi connectivity index (χ2n) is 5.16. The van der Waals surface area contributed by atoms with Gasteiger partial charge in [-0.3, -0.25) is 0 Å². The fraction of sp³-hybridized carbons (Fsp3) is 0.105. The minimum atomic E-state index is -0.463. The first-order chi connectivity index (χ1) is 12.2. The van der Waals surface area contributed by atoms with Crippen molar-refractivity contribution in [3.63, 3.8) is 0 Å². The van der Waals surface area contributed by atoms with Crippen LogP contribution in [0.5, 0.6) is 5.75 Å². The summed E-state index contributed by atoms with van der Waals surface area (Å²) < 4.78 is 10.0. The number of nitrogens with zero attached hydrogens (tertiary/aromatic N) is 2. The summed E-state index contributed by atoms with van der Waals surface area (Å²) in [6.07, 6.45) is 1.66. The molecule has 0 saturated carbocycles. The number of esters is 1. The molecule has 0 aliphatic heterocycles. The summed E-state index contributed by atoms with van der Waals surface area (Å²) in [7, 11) is 2.84. The molecule has 1 N–H and O–H groups in total. The van der Waals surface area contributed by atoms with Crippen molar-refractivity contribution in [3.8, 4) is 17.0 Å². The Morgan fingerprint density at radius 3 is 2.56 bits per heavy atom. The number of anilines is 2. The molecule has 0 aliphatic carbocycles. The smallest absolute Gasteiger partial charge is 0.341 e. The van der Waals surface area contributed by atoms with Crippen LogP contribution in [-0.2, 0) is 4.74 Å². The highest BCUT2D eigenvalue weighted by molar-refractivity contribution is 5.94. The SMILES string of the molecule is COC(=O)c1cc(-c2ccnc(Nc3ccccc3)n2)ccc1OC. The van der Waals surface area contributed by atoms with Crippen molar-refractivity contribution in [3.05, 3.63) is 66.4 Å². The Balaban J connectivity index is 1.94. The van der Waals surface area contributed by atoms with Gasteiger partial charge < -0.3 is 14.8 Å². The minimum absolute atomic E-state index is 0.346. The quantitative estimate of drug-likeness (QED) is 0.717. The Kier molecular flexibility index (Phi) is 4.89. The molecule has 0 amide bonds. The molecule has 6 nitrogen and oxygen atoms in total. The average Bonchev–Trinajstić information content (AvgIpc) is 2.68. The molecule has 3 rings (SSSR count). The summed E-state index contributed by atoms with van der Waals surface area (Å²) in [6, 6.07) is 16.7. The Hall–Kier alpha value is -3.41. The van der Waals surface area contributed by atoms with Gasteiger partial charge in [0.05, 0.1) is 19.9 Å². The maximum absolute atomic E-state index is 11.9. The summed E-state index contributed by atoms with van der Waals surface area (Å²) in [5, 5.41) is 3.15. The lowest BCUT2D eigenvalue weighted by Crippen LogP contribution is -2.04. The molecule has 1 heterocycles. The third-order valence-electron chi connectivity index (χ3n) is 3.59. The minimum Gasteiger partial charge on any atom is -0.496 e. The summed E-state index contributed by atoms with van der Waals surface area (Å²) in [6.45, 7) is 0. The van der Waals surface area contributed by atoms with Crippen molar-refractivity contribution >= 4 is 17.6 Å². The Labute approximate surface area is 145 Å². The van der Waals surface area contributed by atoms with Gasteiger partial charge >= 0.3 is 5.97 Å². The number of hydrogen-bond donors (Lipinski definition) is 1. The maximum atomic E-state index is 11.9. The van der Waals surface area contributed by atoms with Crippen LogP contribution < -0.4 is 10.1 Å². The Morgan fingerprint density at radius 1 is 1.04 bits per heavy atom.